The minimum Gasteiger partial charge on any atom is -0.378 e. The highest BCUT2D eigenvalue weighted by atomic mass is 16.2. The summed E-state index contributed by atoms with van der Waals surface area (Å²) in [4.78, 5) is 13.7. The molecule has 0 aromatic heterocycles. The van der Waals surface area contributed by atoms with E-state index in [4.69, 9.17) is 0 Å². The van der Waals surface area contributed by atoms with Crippen LogP contribution >= 0.6 is 0 Å². The summed E-state index contributed by atoms with van der Waals surface area (Å²) in [5, 5.41) is 6.06. The van der Waals surface area contributed by atoms with Crippen LogP contribution in [0.5, 0.6) is 0 Å². The molecule has 0 radical (unpaired) electrons. The van der Waals surface area contributed by atoms with E-state index in [-0.39, 0.29) is 11.9 Å². The van der Waals surface area contributed by atoms with Crippen LogP contribution < -0.4 is 15.5 Å². The lowest BCUT2D eigenvalue weighted by molar-refractivity contribution is -0.121. The van der Waals surface area contributed by atoms with Gasteiger partial charge in [0.2, 0.25) is 5.91 Å². The molecule has 0 heterocycles. The van der Waals surface area contributed by atoms with Gasteiger partial charge in [-0.3, -0.25) is 4.79 Å². The zero-order chi connectivity index (χ0) is 13.5. The molecule has 1 aromatic rings. The Balaban J connectivity index is 2.53. The van der Waals surface area contributed by atoms with Crippen LogP contribution in [0.2, 0.25) is 0 Å². The summed E-state index contributed by atoms with van der Waals surface area (Å²) < 4.78 is 0. The molecule has 18 heavy (non-hydrogen) atoms. The van der Waals surface area contributed by atoms with Crippen LogP contribution in [-0.2, 0) is 4.79 Å². The molecule has 1 amide bonds. The molecule has 1 unspecified atom stereocenters. The van der Waals surface area contributed by atoms with Crippen LogP contribution in [-0.4, -0.2) is 32.6 Å². The van der Waals surface area contributed by atoms with Crippen molar-refractivity contribution in [3.05, 3.63) is 24.3 Å². The Hall–Kier alpha value is -1.71. The topological polar surface area (TPSA) is 44.4 Å². The van der Waals surface area contributed by atoms with E-state index in [1.54, 1.807) is 0 Å². The van der Waals surface area contributed by atoms with Crippen LogP contribution in [0, 0.1) is 0 Å². The second-order valence-electron chi connectivity index (χ2n) is 4.60. The molecule has 0 saturated carbocycles. The standard InChI is InChI=1S/C14H23N3O/c1-5-10-15-14(18)11(2)16-12-6-8-13(9-7-12)17(3)4/h6-9,11,16H,5,10H2,1-4H3,(H,15,18). The number of hydrogen-bond acceptors (Lipinski definition) is 3. The number of carbonyl (C=O) groups excluding carboxylic acids is 1. The summed E-state index contributed by atoms with van der Waals surface area (Å²) in [6, 6.07) is 7.80. The van der Waals surface area contributed by atoms with E-state index in [1.165, 1.54) is 0 Å². The normalized spacial score (nSPS) is 11.8. The molecule has 0 aliphatic heterocycles. The first kappa shape index (κ1) is 14.4. The van der Waals surface area contributed by atoms with E-state index < -0.39 is 0 Å². The van der Waals surface area contributed by atoms with E-state index >= 15 is 0 Å². The van der Waals surface area contributed by atoms with Gasteiger partial charge in [0.1, 0.15) is 6.04 Å². The van der Waals surface area contributed by atoms with Gasteiger partial charge < -0.3 is 15.5 Å². The van der Waals surface area contributed by atoms with Gasteiger partial charge in [-0.2, -0.15) is 0 Å². The predicted octanol–water partition coefficient (Wildman–Crippen LogP) is 2.08. The van der Waals surface area contributed by atoms with Crippen LogP contribution in [0.15, 0.2) is 24.3 Å². The maximum absolute atomic E-state index is 11.7. The van der Waals surface area contributed by atoms with Gasteiger partial charge in [-0.25, -0.2) is 0 Å². The zero-order valence-corrected chi connectivity index (χ0v) is 11.7. The molecule has 4 heteroatoms. The number of nitrogens with one attached hydrogen (secondary N) is 2. The highest BCUT2D eigenvalue weighted by Gasteiger charge is 2.11. The van der Waals surface area contributed by atoms with Crippen LogP contribution in [0.3, 0.4) is 0 Å². The molecule has 2 N–H and O–H groups in total. The number of nitrogens with zero attached hydrogens (tertiary/aromatic N) is 1. The largest absolute Gasteiger partial charge is 0.378 e. The van der Waals surface area contributed by atoms with Crippen molar-refractivity contribution in [2.24, 2.45) is 0 Å². The average molecular weight is 249 g/mol. The van der Waals surface area contributed by atoms with Crippen molar-refractivity contribution in [2.75, 3.05) is 30.9 Å². The van der Waals surface area contributed by atoms with E-state index in [0.717, 1.165) is 24.3 Å². The third-order valence-corrected chi connectivity index (χ3v) is 2.71. The fraction of sp³-hybridized carbons (Fsp3) is 0.500. The van der Waals surface area contributed by atoms with Gasteiger partial charge in [0, 0.05) is 32.0 Å². The van der Waals surface area contributed by atoms with Gasteiger partial charge in [0.25, 0.3) is 0 Å². The quantitative estimate of drug-likeness (QED) is 0.811. The molecule has 1 aromatic carbocycles. The van der Waals surface area contributed by atoms with Crippen molar-refractivity contribution in [3.8, 4) is 0 Å². The zero-order valence-electron chi connectivity index (χ0n) is 11.7. The van der Waals surface area contributed by atoms with Crippen molar-refractivity contribution in [1.82, 2.24) is 5.32 Å². The van der Waals surface area contributed by atoms with Gasteiger partial charge >= 0.3 is 0 Å². The molecular weight excluding hydrogens is 226 g/mol. The lowest BCUT2D eigenvalue weighted by Crippen LogP contribution is -2.37. The summed E-state index contributed by atoms with van der Waals surface area (Å²) >= 11 is 0. The smallest absolute Gasteiger partial charge is 0.242 e. The first-order valence-electron chi connectivity index (χ1n) is 6.36. The number of hydrogen-bond donors (Lipinski definition) is 2. The van der Waals surface area contributed by atoms with Crippen LogP contribution in [0.4, 0.5) is 11.4 Å². The fourth-order valence-corrected chi connectivity index (χ4v) is 1.57. The minimum atomic E-state index is -0.221. The third-order valence-electron chi connectivity index (χ3n) is 2.71. The molecule has 0 aliphatic carbocycles. The monoisotopic (exact) mass is 249 g/mol. The van der Waals surface area contributed by atoms with Crippen molar-refractivity contribution in [2.45, 2.75) is 26.3 Å². The van der Waals surface area contributed by atoms with Crippen molar-refractivity contribution >= 4 is 17.3 Å². The van der Waals surface area contributed by atoms with Gasteiger partial charge in [-0.05, 0) is 37.6 Å². The molecule has 0 bridgehead atoms. The Bertz CT molecular complexity index is 373. The number of anilines is 2. The SMILES string of the molecule is CCCNC(=O)C(C)Nc1ccc(N(C)C)cc1. The Labute approximate surface area is 109 Å². The average Bonchev–Trinajstić information content (AvgIpc) is 2.36. The molecule has 0 aliphatic rings. The van der Waals surface area contributed by atoms with E-state index in [0.29, 0.717) is 0 Å². The molecule has 0 fully saturated rings. The second kappa shape index (κ2) is 6.89. The molecule has 1 atom stereocenters. The first-order valence-corrected chi connectivity index (χ1v) is 6.36. The fourth-order valence-electron chi connectivity index (χ4n) is 1.57. The number of amides is 1. The number of rotatable bonds is 6. The second-order valence-corrected chi connectivity index (χ2v) is 4.60. The maximum Gasteiger partial charge on any atom is 0.242 e. The first-order chi connectivity index (χ1) is 8.54. The lowest BCUT2D eigenvalue weighted by Gasteiger charge is -2.17. The molecule has 0 saturated heterocycles. The lowest BCUT2D eigenvalue weighted by atomic mass is 10.2. The summed E-state index contributed by atoms with van der Waals surface area (Å²) in [5.41, 5.74) is 2.10. The van der Waals surface area contributed by atoms with Crippen molar-refractivity contribution in [3.63, 3.8) is 0 Å². The summed E-state index contributed by atoms with van der Waals surface area (Å²) in [6.07, 6.45) is 0.954. The Morgan fingerprint density at radius 1 is 1.28 bits per heavy atom. The summed E-state index contributed by atoms with van der Waals surface area (Å²) in [7, 11) is 4.01. The highest BCUT2D eigenvalue weighted by molar-refractivity contribution is 5.84. The van der Waals surface area contributed by atoms with Gasteiger partial charge in [-0.15, -0.1) is 0 Å². The van der Waals surface area contributed by atoms with Gasteiger partial charge in [-0.1, -0.05) is 6.92 Å². The molecule has 100 valence electrons. The minimum absolute atomic E-state index is 0.0357. The van der Waals surface area contributed by atoms with Crippen molar-refractivity contribution in [1.29, 1.82) is 0 Å². The molecule has 0 spiro atoms. The molecule has 4 nitrogen and oxygen atoms in total. The summed E-state index contributed by atoms with van der Waals surface area (Å²) in [6.45, 7) is 4.63. The predicted molar refractivity (Wildman–Crippen MR) is 77.2 cm³/mol. The van der Waals surface area contributed by atoms with E-state index in [1.807, 2.05) is 57.1 Å². The Morgan fingerprint density at radius 2 is 1.89 bits per heavy atom. The third kappa shape index (κ3) is 4.28. The highest BCUT2D eigenvalue weighted by Crippen LogP contribution is 2.16. The summed E-state index contributed by atoms with van der Waals surface area (Å²) in [5.74, 6) is 0.0357. The molecule has 1 rings (SSSR count). The van der Waals surface area contributed by atoms with Gasteiger partial charge in [0.15, 0.2) is 0 Å². The van der Waals surface area contributed by atoms with E-state index in [9.17, 15) is 4.79 Å². The maximum atomic E-state index is 11.7. The number of carbonyl (C=O) groups is 1. The Kier molecular flexibility index (Phi) is 5.49. The van der Waals surface area contributed by atoms with Crippen molar-refractivity contribution < 1.29 is 4.79 Å². The Morgan fingerprint density at radius 3 is 2.39 bits per heavy atom. The van der Waals surface area contributed by atoms with Gasteiger partial charge in [0.05, 0.1) is 0 Å². The van der Waals surface area contributed by atoms with E-state index in [2.05, 4.69) is 10.6 Å². The van der Waals surface area contributed by atoms with Crippen LogP contribution in [0.25, 0.3) is 0 Å². The molecular formula is C14H23N3O. The number of benzene rings is 1. The van der Waals surface area contributed by atoms with Crippen LogP contribution in [0.1, 0.15) is 20.3 Å².